The van der Waals surface area contributed by atoms with Gasteiger partial charge in [0.15, 0.2) is 0 Å². The standard InChI is InChI=1S/C18H25NO2/c1-6-13-19(16-11-9-14(4)10-12-16)17(15(5)7-2)18(20)21-8-3/h6-7,9-12,15,17H,1-2,8,13H2,3-5H3/t15-,17+/m0/s1. The van der Waals surface area contributed by atoms with E-state index in [0.29, 0.717) is 13.2 Å². The van der Waals surface area contributed by atoms with Gasteiger partial charge in [-0.25, -0.2) is 4.79 Å². The maximum absolute atomic E-state index is 12.4. The highest BCUT2D eigenvalue weighted by molar-refractivity contribution is 5.81. The fraction of sp³-hybridized carbons (Fsp3) is 0.389. The Morgan fingerprint density at radius 2 is 1.95 bits per heavy atom. The lowest BCUT2D eigenvalue weighted by Gasteiger charge is -2.34. The van der Waals surface area contributed by atoms with Gasteiger partial charge in [-0.3, -0.25) is 0 Å². The maximum Gasteiger partial charge on any atom is 0.329 e. The molecule has 0 radical (unpaired) electrons. The third kappa shape index (κ3) is 4.48. The topological polar surface area (TPSA) is 29.5 Å². The molecule has 0 aliphatic rings. The van der Waals surface area contributed by atoms with E-state index in [-0.39, 0.29) is 11.9 Å². The molecule has 0 saturated heterocycles. The number of aryl methyl sites for hydroxylation is 1. The Kier molecular flexibility index (Phi) is 6.73. The zero-order valence-corrected chi connectivity index (χ0v) is 13.2. The number of hydrogen-bond acceptors (Lipinski definition) is 3. The molecule has 1 rings (SSSR count). The van der Waals surface area contributed by atoms with Crippen molar-refractivity contribution in [2.24, 2.45) is 5.92 Å². The van der Waals surface area contributed by atoms with Crippen molar-refractivity contribution in [3.63, 3.8) is 0 Å². The number of hydrogen-bond donors (Lipinski definition) is 0. The third-order valence-electron chi connectivity index (χ3n) is 3.43. The normalized spacial score (nSPS) is 13.1. The molecule has 0 saturated carbocycles. The Bertz CT molecular complexity index is 478. The smallest absolute Gasteiger partial charge is 0.329 e. The highest BCUT2D eigenvalue weighted by Crippen LogP contribution is 2.23. The van der Waals surface area contributed by atoms with Crippen molar-refractivity contribution in [3.8, 4) is 0 Å². The third-order valence-corrected chi connectivity index (χ3v) is 3.43. The largest absolute Gasteiger partial charge is 0.464 e. The molecule has 1 aromatic carbocycles. The summed E-state index contributed by atoms with van der Waals surface area (Å²) in [5, 5.41) is 0. The Morgan fingerprint density at radius 1 is 1.33 bits per heavy atom. The molecule has 0 aliphatic heterocycles. The molecule has 0 bridgehead atoms. The first-order valence-corrected chi connectivity index (χ1v) is 7.28. The molecule has 2 atom stereocenters. The number of benzene rings is 1. The molecule has 0 amide bonds. The molecule has 0 fully saturated rings. The molecule has 0 unspecified atom stereocenters. The summed E-state index contributed by atoms with van der Waals surface area (Å²) in [6.45, 7) is 14.4. The van der Waals surface area contributed by atoms with Crippen LogP contribution in [0.1, 0.15) is 19.4 Å². The van der Waals surface area contributed by atoms with Crippen LogP contribution in [0, 0.1) is 12.8 Å². The molecule has 0 spiro atoms. The summed E-state index contributed by atoms with van der Waals surface area (Å²) in [6.07, 6.45) is 3.58. The Hall–Kier alpha value is -2.03. The average Bonchev–Trinajstić information content (AvgIpc) is 2.47. The van der Waals surface area contributed by atoms with Gasteiger partial charge in [0.05, 0.1) is 6.61 Å². The molecule has 3 heteroatoms. The summed E-state index contributed by atoms with van der Waals surface area (Å²) >= 11 is 0. The van der Waals surface area contributed by atoms with E-state index < -0.39 is 6.04 Å². The van der Waals surface area contributed by atoms with Gasteiger partial charge in [0.25, 0.3) is 0 Å². The second kappa shape index (κ2) is 8.30. The van der Waals surface area contributed by atoms with Crippen molar-refractivity contribution in [3.05, 3.63) is 55.1 Å². The molecule has 0 heterocycles. The van der Waals surface area contributed by atoms with Crippen LogP contribution in [0.4, 0.5) is 5.69 Å². The predicted molar refractivity (Wildman–Crippen MR) is 88.5 cm³/mol. The monoisotopic (exact) mass is 287 g/mol. The van der Waals surface area contributed by atoms with Crippen molar-refractivity contribution in [1.29, 1.82) is 0 Å². The molecule has 3 nitrogen and oxygen atoms in total. The summed E-state index contributed by atoms with van der Waals surface area (Å²) < 4.78 is 5.24. The second-order valence-electron chi connectivity index (χ2n) is 5.07. The molecule has 0 aliphatic carbocycles. The minimum atomic E-state index is -0.400. The van der Waals surface area contributed by atoms with Crippen LogP contribution >= 0.6 is 0 Å². The summed E-state index contributed by atoms with van der Waals surface area (Å²) in [4.78, 5) is 14.4. The maximum atomic E-state index is 12.4. The van der Waals surface area contributed by atoms with Crippen LogP contribution < -0.4 is 4.90 Å². The first kappa shape index (κ1) is 17.0. The number of ether oxygens (including phenoxy) is 1. The van der Waals surface area contributed by atoms with Gasteiger partial charge in [-0.15, -0.1) is 13.2 Å². The molecular formula is C18H25NO2. The number of esters is 1. The number of rotatable bonds is 8. The fourth-order valence-electron chi connectivity index (χ4n) is 2.24. The van der Waals surface area contributed by atoms with E-state index in [1.54, 1.807) is 12.2 Å². The number of carbonyl (C=O) groups is 1. The first-order chi connectivity index (χ1) is 10.0. The van der Waals surface area contributed by atoms with Crippen molar-refractivity contribution in [2.45, 2.75) is 26.8 Å². The SMILES string of the molecule is C=CCN(c1ccc(C)cc1)[C@@H](C(=O)OCC)[C@@H](C)C=C. The van der Waals surface area contributed by atoms with Crippen LogP contribution in [0.15, 0.2) is 49.6 Å². The predicted octanol–water partition coefficient (Wildman–Crippen LogP) is 3.74. The van der Waals surface area contributed by atoms with Gasteiger partial charge in [0.1, 0.15) is 6.04 Å². The van der Waals surface area contributed by atoms with Crippen molar-refractivity contribution >= 4 is 11.7 Å². The molecule has 0 N–H and O–H groups in total. The van der Waals surface area contributed by atoms with Crippen LogP contribution in [-0.2, 0) is 9.53 Å². The minimum Gasteiger partial charge on any atom is -0.464 e. The van der Waals surface area contributed by atoms with Gasteiger partial charge >= 0.3 is 5.97 Å². The average molecular weight is 287 g/mol. The van der Waals surface area contributed by atoms with Crippen LogP contribution in [-0.4, -0.2) is 25.2 Å². The second-order valence-corrected chi connectivity index (χ2v) is 5.07. The summed E-state index contributed by atoms with van der Waals surface area (Å²) in [6, 6.07) is 7.70. The van der Waals surface area contributed by atoms with E-state index in [9.17, 15) is 4.79 Å². The summed E-state index contributed by atoms with van der Waals surface area (Å²) in [5.74, 6) is -0.252. The van der Waals surface area contributed by atoms with E-state index in [2.05, 4.69) is 13.2 Å². The Morgan fingerprint density at radius 3 is 2.43 bits per heavy atom. The highest BCUT2D eigenvalue weighted by atomic mass is 16.5. The Labute approximate surface area is 127 Å². The van der Waals surface area contributed by atoms with E-state index in [0.717, 1.165) is 5.69 Å². The van der Waals surface area contributed by atoms with Crippen LogP contribution in [0.25, 0.3) is 0 Å². The molecule has 1 aromatic rings. The van der Waals surface area contributed by atoms with E-state index in [1.807, 2.05) is 49.9 Å². The van der Waals surface area contributed by atoms with Gasteiger partial charge < -0.3 is 9.64 Å². The van der Waals surface area contributed by atoms with Crippen molar-refractivity contribution in [2.75, 3.05) is 18.1 Å². The number of anilines is 1. The van der Waals surface area contributed by atoms with Crippen molar-refractivity contribution in [1.82, 2.24) is 0 Å². The molecule has 0 aromatic heterocycles. The lowest BCUT2D eigenvalue weighted by atomic mass is 9.99. The molecular weight excluding hydrogens is 262 g/mol. The lowest BCUT2D eigenvalue weighted by molar-refractivity contribution is -0.145. The van der Waals surface area contributed by atoms with Crippen LogP contribution in [0.2, 0.25) is 0 Å². The zero-order valence-electron chi connectivity index (χ0n) is 13.2. The summed E-state index contributed by atoms with van der Waals surface area (Å²) in [5.41, 5.74) is 2.16. The van der Waals surface area contributed by atoms with Crippen molar-refractivity contribution < 1.29 is 9.53 Å². The first-order valence-electron chi connectivity index (χ1n) is 7.28. The van der Waals surface area contributed by atoms with E-state index in [4.69, 9.17) is 4.74 Å². The molecule has 114 valence electrons. The van der Waals surface area contributed by atoms with Crippen LogP contribution in [0.5, 0.6) is 0 Å². The van der Waals surface area contributed by atoms with Gasteiger partial charge in [-0.1, -0.05) is 36.8 Å². The van der Waals surface area contributed by atoms with Crippen LogP contribution in [0.3, 0.4) is 0 Å². The fourth-order valence-corrected chi connectivity index (χ4v) is 2.24. The summed E-state index contributed by atoms with van der Waals surface area (Å²) in [7, 11) is 0. The quantitative estimate of drug-likeness (QED) is 0.539. The lowest BCUT2D eigenvalue weighted by Crippen LogP contribution is -2.46. The van der Waals surface area contributed by atoms with Gasteiger partial charge in [-0.2, -0.15) is 0 Å². The Balaban J connectivity index is 3.17. The zero-order chi connectivity index (χ0) is 15.8. The van der Waals surface area contributed by atoms with Gasteiger partial charge in [-0.05, 0) is 26.0 Å². The minimum absolute atomic E-state index is 0.0229. The number of nitrogens with zero attached hydrogens (tertiary/aromatic N) is 1. The number of carbonyl (C=O) groups excluding carboxylic acids is 1. The highest BCUT2D eigenvalue weighted by Gasteiger charge is 2.30. The van der Waals surface area contributed by atoms with Gasteiger partial charge in [0, 0.05) is 18.2 Å². The van der Waals surface area contributed by atoms with E-state index in [1.165, 1.54) is 5.56 Å². The molecule has 21 heavy (non-hydrogen) atoms. The van der Waals surface area contributed by atoms with E-state index >= 15 is 0 Å². The van der Waals surface area contributed by atoms with Gasteiger partial charge in [0.2, 0.25) is 0 Å².